The first-order valence-corrected chi connectivity index (χ1v) is 9.65. The molecule has 3 nitrogen and oxygen atoms in total. The molecule has 0 atom stereocenters. The van der Waals surface area contributed by atoms with Crippen LogP contribution in [-0.2, 0) is 0 Å². The summed E-state index contributed by atoms with van der Waals surface area (Å²) < 4.78 is 0. The molecular formula is C22H31N3. The molecule has 1 saturated heterocycles. The van der Waals surface area contributed by atoms with E-state index in [9.17, 15) is 0 Å². The van der Waals surface area contributed by atoms with Crippen LogP contribution < -0.4 is 5.73 Å². The molecule has 3 rings (SSSR count). The molecule has 2 aromatic carbocycles. The molecule has 0 aromatic heterocycles. The summed E-state index contributed by atoms with van der Waals surface area (Å²) in [6.07, 6.45) is 3.59. The Hall–Kier alpha value is -1.68. The van der Waals surface area contributed by atoms with Gasteiger partial charge >= 0.3 is 0 Å². The molecule has 0 bridgehead atoms. The SMILES string of the molecule is NCCCCN1CCCN(C(c2ccccc2)c2ccccc2)CC1. The lowest BCUT2D eigenvalue weighted by Crippen LogP contribution is -2.34. The minimum Gasteiger partial charge on any atom is -0.330 e. The van der Waals surface area contributed by atoms with E-state index < -0.39 is 0 Å². The van der Waals surface area contributed by atoms with Crippen LogP contribution in [0.15, 0.2) is 60.7 Å². The molecule has 0 spiro atoms. The molecule has 0 amide bonds. The Kier molecular flexibility index (Phi) is 7.04. The molecule has 0 radical (unpaired) electrons. The minimum atomic E-state index is 0.353. The van der Waals surface area contributed by atoms with Crippen molar-refractivity contribution < 1.29 is 0 Å². The smallest absolute Gasteiger partial charge is 0.0602 e. The third kappa shape index (κ3) is 5.15. The van der Waals surface area contributed by atoms with Gasteiger partial charge in [0.25, 0.3) is 0 Å². The molecular weight excluding hydrogens is 306 g/mol. The fraction of sp³-hybridized carbons (Fsp3) is 0.455. The summed E-state index contributed by atoms with van der Waals surface area (Å²) in [5.74, 6) is 0. The monoisotopic (exact) mass is 337 g/mol. The molecule has 0 saturated carbocycles. The van der Waals surface area contributed by atoms with Gasteiger partial charge in [0, 0.05) is 19.6 Å². The van der Waals surface area contributed by atoms with Gasteiger partial charge in [0.1, 0.15) is 0 Å². The van der Waals surface area contributed by atoms with E-state index in [1.165, 1.54) is 37.1 Å². The summed E-state index contributed by atoms with van der Waals surface area (Å²) in [6, 6.07) is 22.2. The molecule has 1 aliphatic rings. The molecule has 3 heteroatoms. The zero-order valence-corrected chi connectivity index (χ0v) is 15.2. The van der Waals surface area contributed by atoms with Gasteiger partial charge in [-0.25, -0.2) is 0 Å². The van der Waals surface area contributed by atoms with Crippen LogP contribution in [0.5, 0.6) is 0 Å². The van der Waals surface area contributed by atoms with E-state index in [0.29, 0.717) is 6.04 Å². The molecule has 1 fully saturated rings. The molecule has 2 N–H and O–H groups in total. The highest BCUT2D eigenvalue weighted by Gasteiger charge is 2.24. The summed E-state index contributed by atoms with van der Waals surface area (Å²) in [5, 5.41) is 0. The Bertz CT molecular complexity index is 560. The number of nitrogens with zero attached hydrogens (tertiary/aromatic N) is 2. The highest BCUT2D eigenvalue weighted by Crippen LogP contribution is 2.29. The van der Waals surface area contributed by atoms with Crippen molar-refractivity contribution >= 4 is 0 Å². The fourth-order valence-electron chi connectivity index (χ4n) is 3.84. The lowest BCUT2D eigenvalue weighted by atomic mass is 9.97. The molecule has 0 unspecified atom stereocenters. The van der Waals surface area contributed by atoms with Crippen molar-refractivity contribution in [2.75, 3.05) is 39.3 Å². The predicted octanol–water partition coefficient (Wildman–Crippen LogP) is 3.52. The lowest BCUT2D eigenvalue weighted by molar-refractivity contribution is 0.222. The van der Waals surface area contributed by atoms with E-state index in [1.54, 1.807) is 0 Å². The van der Waals surface area contributed by atoms with Crippen molar-refractivity contribution in [3.63, 3.8) is 0 Å². The maximum atomic E-state index is 5.64. The van der Waals surface area contributed by atoms with Gasteiger partial charge in [0.2, 0.25) is 0 Å². The molecule has 1 heterocycles. The molecule has 2 aromatic rings. The second-order valence-electron chi connectivity index (χ2n) is 6.95. The van der Waals surface area contributed by atoms with Crippen LogP contribution in [0.4, 0.5) is 0 Å². The normalized spacial score (nSPS) is 16.9. The van der Waals surface area contributed by atoms with Crippen LogP contribution in [0.25, 0.3) is 0 Å². The topological polar surface area (TPSA) is 32.5 Å². The average molecular weight is 338 g/mol. The van der Waals surface area contributed by atoms with Gasteiger partial charge in [-0.15, -0.1) is 0 Å². The van der Waals surface area contributed by atoms with Crippen molar-refractivity contribution in [1.29, 1.82) is 0 Å². The number of hydrogen-bond acceptors (Lipinski definition) is 3. The first kappa shape index (κ1) is 18.1. The van der Waals surface area contributed by atoms with Crippen molar-refractivity contribution in [2.24, 2.45) is 5.73 Å². The number of nitrogens with two attached hydrogens (primary N) is 1. The Morgan fingerprint density at radius 3 is 2.00 bits per heavy atom. The van der Waals surface area contributed by atoms with Crippen LogP contribution in [0.1, 0.15) is 36.4 Å². The van der Waals surface area contributed by atoms with Crippen molar-refractivity contribution in [1.82, 2.24) is 9.80 Å². The van der Waals surface area contributed by atoms with Crippen LogP contribution in [0, 0.1) is 0 Å². The second-order valence-corrected chi connectivity index (χ2v) is 6.95. The highest BCUT2D eigenvalue weighted by atomic mass is 15.2. The number of hydrogen-bond donors (Lipinski definition) is 1. The lowest BCUT2D eigenvalue weighted by Gasteiger charge is -2.31. The van der Waals surface area contributed by atoms with E-state index in [4.69, 9.17) is 5.73 Å². The fourth-order valence-corrected chi connectivity index (χ4v) is 3.84. The average Bonchev–Trinajstić information content (AvgIpc) is 2.90. The van der Waals surface area contributed by atoms with Gasteiger partial charge in [-0.05, 0) is 50.0 Å². The summed E-state index contributed by atoms with van der Waals surface area (Å²) >= 11 is 0. The molecule has 0 aliphatic carbocycles. The standard InChI is InChI=1S/C22H31N3/c23-14-7-8-15-24-16-9-17-25(19-18-24)22(20-10-3-1-4-11-20)21-12-5-2-6-13-21/h1-6,10-13,22H,7-9,14-19,23H2. The first-order valence-electron chi connectivity index (χ1n) is 9.65. The van der Waals surface area contributed by atoms with E-state index >= 15 is 0 Å². The van der Waals surface area contributed by atoms with Crippen LogP contribution in [0.3, 0.4) is 0 Å². The van der Waals surface area contributed by atoms with Crippen LogP contribution in [0.2, 0.25) is 0 Å². The highest BCUT2D eigenvalue weighted by molar-refractivity contribution is 5.31. The Morgan fingerprint density at radius 2 is 1.40 bits per heavy atom. The zero-order chi connectivity index (χ0) is 17.3. The van der Waals surface area contributed by atoms with Gasteiger partial charge < -0.3 is 10.6 Å². The summed E-state index contributed by atoms with van der Waals surface area (Å²) in [4.78, 5) is 5.27. The third-order valence-electron chi connectivity index (χ3n) is 5.15. The minimum absolute atomic E-state index is 0.353. The summed E-state index contributed by atoms with van der Waals surface area (Å²) in [5.41, 5.74) is 8.43. The van der Waals surface area contributed by atoms with E-state index in [-0.39, 0.29) is 0 Å². The van der Waals surface area contributed by atoms with Gasteiger partial charge in [-0.3, -0.25) is 4.90 Å². The van der Waals surface area contributed by atoms with Crippen molar-refractivity contribution in [3.05, 3.63) is 71.8 Å². The Morgan fingerprint density at radius 1 is 0.760 bits per heavy atom. The maximum Gasteiger partial charge on any atom is 0.0602 e. The van der Waals surface area contributed by atoms with Crippen molar-refractivity contribution in [3.8, 4) is 0 Å². The second kappa shape index (κ2) is 9.71. The first-order chi connectivity index (χ1) is 12.4. The molecule has 1 aliphatic heterocycles. The van der Waals surface area contributed by atoms with E-state index in [0.717, 1.165) is 32.6 Å². The Balaban J connectivity index is 1.73. The van der Waals surface area contributed by atoms with Gasteiger partial charge in [0.05, 0.1) is 6.04 Å². The predicted molar refractivity (Wildman–Crippen MR) is 106 cm³/mol. The third-order valence-corrected chi connectivity index (χ3v) is 5.15. The van der Waals surface area contributed by atoms with Crippen LogP contribution >= 0.6 is 0 Å². The number of rotatable bonds is 7. The summed E-state index contributed by atoms with van der Waals surface area (Å²) in [6.45, 7) is 6.63. The van der Waals surface area contributed by atoms with Gasteiger partial charge in [0.15, 0.2) is 0 Å². The zero-order valence-electron chi connectivity index (χ0n) is 15.2. The van der Waals surface area contributed by atoms with Crippen LogP contribution in [-0.4, -0.2) is 49.1 Å². The van der Waals surface area contributed by atoms with Gasteiger partial charge in [-0.1, -0.05) is 60.7 Å². The largest absolute Gasteiger partial charge is 0.330 e. The molecule has 134 valence electrons. The van der Waals surface area contributed by atoms with Gasteiger partial charge in [-0.2, -0.15) is 0 Å². The Labute approximate surface area is 152 Å². The molecule has 25 heavy (non-hydrogen) atoms. The quantitative estimate of drug-likeness (QED) is 0.785. The van der Waals surface area contributed by atoms with Crippen molar-refractivity contribution in [2.45, 2.75) is 25.3 Å². The maximum absolute atomic E-state index is 5.64. The summed E-state index contributed by atoms with van der Waals surface area (Å²) in [7, 11) is 0. The van der Waals surface area contributed by atoms with E-state index in [2.05, 4.69) is 70.5 Å². The number of benzene rings is 2. The number of unbranched alkanes of at least 4 members (excludes halogenated alkanes) is 1. The van der Waals surface area contributed by atoms with E-state index in [1.807, 2.05) is 0 Å².